The van der Waals surface area contributed by atoms with Crippen LogP contribution in [-0.4, -0.2) is 18.3 Å². The Balaban J connectivity index is 1.69. The van der Waals surface area contributed by atoms with Crippen molar-refractivity contribution in [2.75, 3.05) is 6.61 Å². The summed E-state index contributed by atoms with van der Waals surface area (Å²) in [5.41, 5.74) is 2.75. The largest absolute Gasteiger partial charge is 0.484 e. The molecule has 1 aromatic heterocycles. The maximum Gasteiger partial charge on any atom is 0.258 e. The summed E-state index contributed by atoms with van der Waals surface area (Å²) < 4.78 is 5.57. The van der Waals surface area contributed by atoms with Crippen molar-refractivity contribution in [2.24, 2.45) is 0 Å². The molecule has 0 spiro atoms. The minimum atomic E-state index is -0.220. The molecule has 138 valence electrons. The lowest BCUT2D eigenvalue weighted by atomic mass is 10.0. The molecule has 3 rings (SSSR count). The van der Waals surface area contributed by atoms with Gasteiger partial charge in [0.05, 0.1) is 6.04 Å². The standard InChI is InChI=1S/C22H21NO3S/c1-15-8-10-17(11-9-15)22(20-7-4-12-27-20)23-21(25)14-26-19-6-3-5-18(13-19)16(2)24/h3-13,22H,14H2,1-2H3,(H,23,25)/t22-/m1/s1. The van der Waals surface area contributed by atoms with Crippen molar-refractivity contribution in [1.82, 2.24) is 5.32 Å². The van der Waals surface area contributed by atoms with Gasteiger partial charge in [0.1, 0.15) is 5.75 Å². The molecule has 1 atom stereocenters. The van der Waals surface area contributed by atoms with E-state index in [2.05, 4.69) is 5.32 Å². The third-order valence-corrected chi connectivity index (χ3v) is 5.09. The van der Waals surface area contributed by atoms with Crippen LogP contribution in [0.5, 0.6) is 5.75 Å². The number of hydrogen-bond acceptors (Lipinski definition) is 4. The summed E-state index contributed by atoms with van der Waals surface area (Å²) >= 11 is 1.60. The quantitative estimate of drug-likeness (QED) is 0.613. The monoisotopic (exact) mass is 379 g/mol. The first-order valence-electron chi connectivity index (χ1n) is 8.66. The molecule has 1 amide bonds. The topological polar surface area (TPSA) is 55.4 Å². The zero-order valence-corrected chi connectivity index (χ0v) is 16.1. The molecule has 0 aliphatic heterocycles. The normalized spacial score (nSPS) is 11.6. The lowest BCUT2D eigenvalue weighted by molar-refractivity contribution is -0.123. The van der Waals surface area contributed by atoms with Crippen LogP contribution >= 0.6 is 11.3 Å². The van der Waals surface area contributed by atoms with E-state index < -0.39 is 0 Å². The maximum atomic E-state index is 12.5. The first-order chi connectivity index (χ1) is 13.0. The van der Waals surface area contributed by atoms with Gasteiger partial charge in [-0.3, -0.25) is 9.59 Å². The Hall–Kier alpha value is -2.92. The molecule has 0 radical (unpaired) electrons. The molecule has 1 N–H and O–H groups in total. The summed E-state index contributed by atoms with van der Waals surface area (Å²) in [5.74, 6) is 0.241. The molecule has 0 aliphatic carbocycles. The summed E-state index contributed by atoms with van der Waals surface area (Å²) in [5, 5.41) is 5.03. The van der Waals surface area contributed by atoms with Crippen LogP contribution in [0.1, 0.15) is 39.3 Å². The van der Waals surface area contributed by atoms with Crippen molar-refractivity contribution < 1.29 is 14.3 Å². The summed E-state index contributed by atoms with van der Waals surface area (Å²) in [4.78, 5) is 25.0. The van der Waals surface area contributed by atoms with Gasteiger partial charge < -0.3 is 10.1 Å². The number of nitrogens with one attached hydrogen (secondary N) is 1. The number of aryl methyl sites for hydroxylation is 1. The van der Waals surface area contributed by atoms with Crippen LogP contribution in [-0.2, 0) is 4.79 Å². The molecule has 0 aliphatic rings. The number of benzene rings is 2. The Bertz CT molecular complexity index is 917. The first kappa shape index (κ1) is 18.9. The molecular formula is C22H21NO3S. The van der Waals surface area contributed by atoms with Crippen molar-refractivity contribution in [1.29, 1.82) is 0 Å². The molecule has 27 heavy (non-hydrogen) atoms. The van der Waals surface area contributed by atoms with Gasteiger partial charge in [0.2, 0.25) is 0 Å². The highest BCUT2D eigenvalue weighted by molar-refractivity contribution is 7.10. The number of thiophene rings is 1. The first-order valence-corrected chi connectivity index (χ1v) is 9.54. The number of ketones is 1. The van der Waals surface area contributed by atoms with Gasteiger partial charge in [0, 0.05) is 10.4 Å². The van der Waals surface area contributed by atoms with E-state index in [1.807, 2.05) is 48.7 Å². The van der Waals surface area contributed by atoms with Crippen LogP contribution in [0, 0.1) is 6.92 Å². The Morgan fingerprint density at radius 1 is 1.07 bits per heavy atom. The Kier molecular flexibility index (Phi) is 6.04. The number of carbonyl (C=O) groups is 2. The molecule has 0 unspecified atom stereocenters. The minimum Gasteiger partial charge on any atom is -0.484 e. The number of amides is 1. The Morgan fingerprint density at radius 2 is 1.85 bits per heavy atom. The highest BCUT2D eigenvalue weighted by Gasteiger charge is 2.18. The van der Waals surface area contributed by atoms with Crippen LogP contribution in [0.2, 0.25) is 0 Å². The fourth-order valence-electron chi connectivity index (χ4n) is 2.69. The number of hydrogen-bond donors (Lipinski definition) is 1. The molecule has 0 saturated heterocycles. The molecule has 0 bridgehead atoms. The molecular weight excluding hydrogens is 358 g/mol. The van der Waals surface area contributed by atoms with Crippen LogP contribution in [0.3, 0.4) is 0 Å². The number of ether oxygens (including phenoxy) is 1. The molecule has 4 nitrogen and oxygen atoms in total. The molecule has 5 heteroatoms. The predicted molar refractivity (Wildman–Crippen MR) is 107 cm³/mol. The third-order valence-electron chi connectivity index (χ3n) is 4.15. The molecule has 0 fully saturated rings. The van der Waals surface area contributed by atoms with Crippen LogP contribution in [0.25, 0.3) is 0 Å². The average Bonchev–Trinajstić information content (AvgIpc) is 3.20. The third kappa shape index (κ3) is 5.05. The fourth-order valence-corrected chi connectivity index (χ4v) is 3.49. The lowest BCUT2D eigenvalue weighted by Crippen LogP contribution is -2.32. The van der Waals surface area contributed by atoms with Gasteiger partial charge in [0.15, 0.2) is 12.4 Å². The van der Waals surface area contributed by atoms with E-state index in [1.54, 1.807) is 35.6 Å². The number of rotatable bonds is 7. The summed E-state index contributed by atoms with van der Waals surface area (Å²) in [6, 6.07) is 18.7. The zero-order chi connectivity index (χ0) is 19.2. The predicted octanol–water partition coefficient (Wildman–Crippen LogP) is 4.54. The van der Waals surface area contributed by atoms with Crippen LogP contribution in [0.15, 0.2) is 66.0 Å². The highest BCUT2D eigenvalue weighted by atomic mass is 32.1. The van der Waals surface area contributed by atoms with Gasteiger partial charge >= 0.3 is 0 Å². The van der Waals surface area contributed by atoms with Crippen molar-refractivity contribution in [2.45, 2.75) is 19.9 Å². The van der Waals surface area contributed by atoms with Crippen molar-refractivity contribution in [3.05, 3.63) is 87.6 Å². The molecule has 2 aromatic carbocycles. The van der Waals surface area contributed by atoms with Gasteiger partial charge in [-0.15, -0.1) is 11.3 Å². The maximum absolute atomic E-state index is 12.5. The fraction of sp³-hybridized carbons (Fsp3) is 0.182. The van der Waals surface area contributed by atoms with E-state index in [-0.39, 0.29) is 24.3 Å². The SMILES string of the molecule is CC(=O)c1cccc(OCC(=O)N[C@H](c2ccc(C)cc2)c2cccs2)c1. The van der Waals surface area contributed by atoms with Crippen molar-refractivity contribution in [3.63, 3.8) is 0 Å². The second-order valence-corrected chi connectivity index (χ2v) is 7.28. The lowest BCUT2D eigenvalue weighted by Gasteiger charge is -2.18. The smallest absolute Gasteiger partial charge is 0.258 e. The number of Topliss-reactive ketones (excluding diaryl/α,β-unsaturated/α-hetero) is 1. The Morgan fingerprint density at radius 3 is 2.52 bits per heavy atom. The zero-order valence-electron chi connectivity index (χ0n) is 15.3. The van der Waals surface area contributed by atoms with Gasteiger partial charge in [-0.05, 0) is 43.0 Å². The highest BCUT2D eigenvalue weighted by Crippen LogP contribution is 2.26. The summed E-state index contributed by atoms with van der Waals surface area (Å²) in [6.07, 6.45) is 0. The minimum absolute atomic E-state index is 0.0398. The van der Waals surface area contributed by atoms with E-state index in [1.165, 1.54) is 12.5 Å². The summed E-state index contributed by atoms with van der Waals surface area (Å²) in [7, 11) is 0. The van der Waals surface area contributed by atoms with E-state index in [0.29, 0.717) is 11.3 Å². The van der Waals surface area contributed by atoms with E-state index in [0.717, 1.165) is 10.4 Å². The van der Waals surface area contributed by atoms with Crippen molar-refractivity contribution in [3.8, 4) is 5.75 Å². The molecule has 3 aromatic rings. The summed E-state index contributed by atoms with van der Waals surface area (Å²) in [6.45, 7) is 3.42. The van der Waals surface area contributed by atoms with Gasteiger partial charge in [-0.25, -0.2) is 0 Å². The van der Waals surface area contributed by atoms with E-state index >= 15 is 0 Å². The van der Waals surface area contributed by atoms with E-state index in [9.17, 15) is 9.59 Å². The van der Waals surface area contributed by atoms with Crippen molar-refractivity contribution >= 4 is 23.0 Å². The second kappa shape index (κ2) is 8.64. The average molecular weight is 379 g/mol. The van der Waals surface area contributed by atoms with Crippen LogP contribution in [0.4, 0.5) is 0 Å². The molecule has 1 heterocycles. The van der Waals surface area contributed by atoms with Gasteiger partial charge in [0.25, 0.3) is 5.91 Å². The molecule has 0 saturated carbocycles. The van der Waals surface area contributed by atoms with E-state index in [4.69, 9.17) is 4.74 Å². The Labute approximate surface area is 162 Å². The van der Waals surface area contributed by atoms with Gasteiger partial charge in [-0.1, -0.05) is 48.0 Å². The second-order valence-electron chi connectivity index (χ2n) is 6.30. The number of carbonyl (C=O) groups excluding carboxylic acids is 2. The van der Waals surface area contributed by atoms with Crippen LogP contribution < -0.4 is 10.1 Å². The van der Waals surface area contributed by atoms with Gasteiger partial charge in [-0.2, -0.15) is 0 Å².